The van der Waals surface area contributed by atoms with Crippen LogP contribution in [0.25, 0.3) is 11.0 Å². The van der Waals surface area contributed by atoms with Crippen molar-refractivity contribution < 1.29 is 9.59 Å². The van der Waals surface area contributed by atoms with Gasteiger partial charge in [-0.1, -0.05) is 42.5 Å². The van der Waals surface area contributed by atoms with Crippen molar-refractivity contribution in [1.82, 2.24) is 20.3 Å². The molecule has 2 aromatic heterocycles. The maximum absolute atomic E-state index is 13.8. The van der Waals surface area contributed by atoms with Crippen molar-refractivity contribution >= 4 is 28.5 Å². The molecular formula is C31H27N5O2. The van der Waals surface area contributed by atoms with Gasteiger partial charge in [0.2, 0.25) is 0 Å². The number of pyridine rings is 1. The molecule has 7 nitrogen and oxygen atoms in total. The number of fused-ring (bicyclic) bond motifs is 1. The van der Waals surface area contributed by atoms with E-state index in [1.807, 2.05) is 68.4 Å². The molecule has 38 heavy (non-hydrogen) atoms. The van der Waals surface area contributed by atoms with Crippen LogP contribution in [0.2, 0.25) is 0 Å². The summed E-state index contributed by atoms with van der Waals surface area (Å²) in [7, 11) is 0. The first-order valence-corrected chi connectivity index (χ1v) is 12.7. The topological polar surface area (TPSA) is 96.9 Å². The highest BCUT2D eigenvalue weighted by Crippen LogP contribution is 2.45. The van der Waals surface area contributed by atoms with Crippen LogP contribution in [0.4, 0.5) is 5.82 Å². The third kappa shape index (κ3) is 4.36. The van der Waals surface area contributed by atoms with Crippen LogP contribution < -0.4 is 10.6 Å². The lowest BCUT2D eigenvalue weighted by Crippen LogP contribution is -2.37. The molecule has 2 aliphatic rings. The maximum atomic E-state index is 13.8. The van der Waals surface area contributed by atoms with Crippen LogP contribution in [0.5, 0.6) is 0 Å². The van der Waals surface area contributed by atoms with Crippen LogP contribution in [-0.2, 0) is 9.59 Å². The van der Waals surface area contributed by atoms with Crippen molar-refractivity contribution in [2.75, 3.05) is 5.32 Å². The molecule has 4 aromatic rings. The second kappa shape index (κ2) is 9.67. The third-order valence-electron chi connectivity index (χ3n) is 7.26. The first-order valence-electron chi connectivity index (χ1n) is 12.7. The van der Waals surface area contributed by atoms with Crippen LogP contribution in [0.15, 0.2) is 102 Å². The fraction of sp³-hybridized carbons (Fsp3) is 0.194. The Kier molecular flexibility index (Phi) is 6.04. The van der Waals surface area contributed by atoms with Gasteiger partial charge in [-0.25, -0.2) is 9.97 Å². The molecule has 0 saturated heterocycles. The summed E-state index contributed by atoms with van der Waals surface area (Å²) < 4.78 is 0. The number of carbonyl (C=O) groups is 2. The number of benzene rings is 2. The Morgan fingerprint density at radius 3 is 2.50 bits per heavy atom. The number of aryl methyl sites for hydroxylation is 1. The fourth-order valence-corrected chi connectivity index (χ4v) is 5.50. The number of para-hydroxylation sites is 2. The molecule has 7 heteroatoms. The van der Waals surface area contributed by atoms with Gasteiger partial charge in [-0.2, -0.15) is 0 Å². The molecule has 1 aliphatic carbocycles. The molecule has 0 saturated carbocycles. The van der Waals surface area contributed by atoms with E-state index in [1.54, 1.807) is 12.4 Å². The Labute approximate surface area is 220 Å². The number of amides is 1. The molecule has 1 aliphatic heterocycles. The van der Waals surface area contributed by atoms with Crippen LogP contribution in [0.1, 0.15) is 48.4 Å². The number of aromatic nitrogens is 3. The van der Waals surface area contributed by atoms with Gasteiger partial charge in [0.05, 0.1) is 28.8 Å². The van der Waals surface area contributed by atoms with Gasteiger partial charge in [0, 0.05) is 35.2 Å². The minimum absolute atomic E-state index is 0.0130. The Morgan fingerprint density at radius 2 is 1.71 bits per heavy atom. The normalized spacial score (nSPS) is 19.3. The Balaban J connectivity index is 1.45. The molecule has 3 heterocycles. The molecule has 1 amide bonds. The van der Waals surface area contributed by atoms with E-state index in [0.29, 0.717) is 46.7 Å². The number of ketones is 1. The standard InChI is InChI=1S/C31H27N5O2/c1-18-12-13-32-27(14-18)36-31(38)28-19(2)34-24-15-21(20-8-4-3-5-9-20)16-26(37)29(24)30(28)25-17-33-22-10-6-7-11-23(22)35-25/h3-14,17,21,30,34H,15-16H2,1-2H3,(H,32,36,38)/t21-,30-/m0/s1. The van der Waals surface area contributed by atoms with Crippen molar-refractivity contribution in [1.29, 1.82) is 0 Å². The molecule has 2 N–H and O–H groups in total. The first-order chi connectivity index (χ1) is 18.5. The van der Waals surface area contributed by atoms with E-state index < -0.39 is 5.92 Å². The summed E-state index contributed by atoms with van der Waals surface area (Å²) in [5.41, 5.74) is 6.74. The van der Waals surface area contributed by atoms with Gasteiger partial charge in [0.25, 0.3) is 5.91 Å². The van der Waals surface area contributed by atoms with Crippen molar-refractivity contribution in [3.05, 3.63) is 118 Å². The van der Waals surface area contributed by atoms with Gasteiger partial charge >= 0.3 is 0 Å². The SMILES string of the molecule is CC1=C(C(=O)Nc2cc(C)ccn2)[C@H](c2cnc3ccccc3n2)C2=C(C[C@H](c3ccccc3)CC2=O)N1. The fourth-order valence-electron chi connectivity index (χ4n) is 5.50. The van der Waals surface area contributed by atoms with Crippen LogP contribution in [0.3, 0.4) is 0 Å². The predicted octanol–water partition coefficient (Wildman–Crippen LogP) is 5.33. The summed E-state index contributed by atoms with van der Waals surface area (Å²) in [6.07, 6.45) is 4.39. The van der Waals surface area contributed by atoms with E-state index in [9.17, 15) is 9.59 Å². The van der Waals surface area contributed by atoms with Crippen LogP contribution in [0, 0.1) is 6.92 Å². The van der Waals surface area contributed by atoms with Crippen molar-refractivity contribution in [2.24, 2.45) is 0 Å². The highest BCUT2D eigenvalue weighted by molar-refractivity contribution is 6.09. The quantitative estimate of drug-likeness (QED) is 0.392. The Morgan fingerprint density at radius 1 is 0.947 bits per heavy atom. The molecule has 0 radical (unpaired) electrons. The first kappa shape index (κ1) is 23.7. The van der Waals surface area contributed by atoms with Gasteiger partial charge < -0.3 is 10.6 Å². The second-order valence-electron chi connectivity index (χ2n) is 9.88. The zero-order chi connectivity index (χ0) is 26.2. The summed E-state index contributed by atoms with van der Waals surface area (Å²) in [6, 6.07) is 21.4. The third-order valence-corrected chi connectivity index (χ3v) is 7.26. The van der Waals surface area contributed by atoms with Gasteiger partial charge in [0.1, 0.15) is 5.82 Å². The molecule has 0 spiro atoms. The highest BCUT2D eigenvalue weighted by atomic mass is 16.2. The molecule has 2 atom stereocenters. The van der Waals surface area contributed by atoms with Crippen LogP contribution in [-0.4, -0.2) is 26.6 Å². The van der Waals surface area contributed by atoms with Crippen LogP contribution >= 0.6 is 0 Å². The number of allylic oxidation sites excluding steroid dienone is 3. The van der Waals surface area contributed by atoms with E-state index in [4.69, 9.17) is 4.98 Å². The summed E-state index contributed by atoms with van der Waals surface area (Å²) in [5, 5.41) is 6.36. The zero-order valence-corrected chi connectivity index (χ0v) is 21.2. The molecule has 6 rings (SSSR count). The number of carbonyl (C=O) groups excluding carboxylic acids is 2. The largest absolute Gasteiger partial charge is 0.362 e. The zero-order valence-electron chi connectivity index (χ0n) is 21.2. The van der Waals surface area contributed by atoms with E-state index in [2.05, 4.69) is 32.7 Å². The summed E-state index contributed by atoms with van der Waals surface area (Å²) in [4.78, 5) is 41.4. The lowest BCUT2D eigenvalue weighted by molar-refractivity contribution is -0.116. The number of Topliss-reactive ketones (excluding diaryl/α,β-unsaturated/α-hetero) is 1. The van der Waals surface area contributed by atoms with Gasteiger partial charge in [-0.15, -0.1) is 0 Å². The predicted molar refractivity (Wildman–Crippen MR) is 146 cm³/mol. The number of nitrogens with one attached hydrogen (secondary N) is 2. The average molecular weight is 502 g/mol. The molecule has 0 fully saturated rings. The number of hydrogen-bond acceptors (Lipinski definition) is 6. The lowest BCUT2D eigenvalue weighted by Gasteiger charge is -2.36. The summed E-state index contributed by atoms with van der Waals surface area (Å²) in [6.45, 7) is 3.82. The molecular weight excluding hydrogens is 474 g/mol. The van der Waals surface area contributed by atoms with Crippen molar-refractivity contribution in [2.45, 2.75) is 38.5 Å². The number of dihydropyridines is 1. The smallest absolute Gasteiger partial charge is 0.255 e. The monoisotopic (exact) mass is 501 g/mol. The van der Waals surface area contributed by atoms with Crippen molar-refractivity contribution in [3.63, 3.8) is 0 Å². The second-order valence-corrected chi connectivity index (χ2v) is 9.88. The number of hydrogen-bond donors (Lipinski definition) is 2. The lowest BCUT2D eigenvalue weighted by atomic mass is 9.72. The van der Waals surface area contributed by atoms with E-state index in [-0.39, 0.29) is 17.6 Å². The Hall–Kier alpha value is -4.65. The maximum Gasteiger partial charge on any atom is 0.255 e. The highest BCUT2D eigenvalue weighted by Gasteiger charge is 2.41. The average Bonchev–Trinajstić information content (AvgIpc) is 2.92. The molecule has 0 bridgehead atoms. The van der Waals surface area contributed by atoms with Gasteiger partial charge in [-0.05, 0) is 61.6 Å². The molecule has 188 valence electrons. The Bertz CT molecular complexity index is 1640. The summed E-state index contributed by atoms with van der Waals surface area (Å²) >= 11 is 0. The molecule has 2 aromatic carbocycles. The van der Waals surface area contributed by atoms with Crippen molar-refractivity contribution in [3.8, 4) is 0 Å². The van der Waals surface area contributed by atoms with E-state index in [1.165, 1.54) is 0 Å². The summed E-state index contributed by atoms with van der Waals surface area (Å²) in [5.74, 6) is -0.426. The van der Waals surface area contributed by atoms with Gasteiger partial charge in [0.15, 0.2) is 5.78 Å². The number of rotatable bonds is 4. The van der Waals surface area contributed by atoms with E-state index in [0.717, 1.165) is 22.3 Å². The number of nitrogens with zero attached hydrogens (tertiary/aromatic N) is 3. The minimum atomic E-state index is -0.641. The molecule has 0 unspecified atom stereocenters. The minimum Gasteiger partial charge on any atom is -0.362 e. The van der Waals surface area contributed by atoms with E-state index >= 15 is 0 Å². The van der Waals surface area contributed by atoms with Gasteiger partial charge in [-0.3, -0.25) is 14.6 Å². The number of anilines is 1.